The smallest absolute Gasteiger partial charge is 0.274 e. The van der Waals surface area contributed by atoms with Crippen LogP contribution in [0.5, 0.6) is 5.88 Å². The van der Waals surface area contributed by atoms with E-state index in [0.717, 1.165) is 25.8 Å². The van der Waals surface area contributed by atoms with Crippen molar-refractivity contribution in [3.63, 3.8) is 0 Å². The first-order valence-corrected chi connectivity index (χ1v) is 8.91. The van der Waals surface area contributed by atoms with Crippen molar-refractivity contribution in [2.75, 3.05) is 13.7 Å². The van der Waals surface area contributed by atoms with E-state index in [-0.39, 0.29) is 11.9 Å². The molecule has 0 saturated carbocycles. The molecule has 0 unspecified atom stereocenters. The van der Waals surface area contributed by atoms with E-state index in [1.165, 1.54) is 23.4 Å². The highest BCUT2D eigenvalue weighted by Crippen LogP contribution is 2.25. The van der Waals surface area contributed by atoms with Crippen LogP contribution < -0.4 is 4.74 Å². The second kappa shape index (κ2) is 7.12. The number of aromatic nitrogens is 2. The number of ether oxygens (including phenoxy) is 1. The molecule has 1 aliphatic rings. The lowest BCUT2D eigenvalue weighted by molar-refractivity contribution is 0.0729. The fourth-order valence-corrected chi connectivity index (χ4v) is 3.64. The van der Waals surface area contributed by atoms with E-state index >= 15 is 0 Å². The SMILES string of the molecule is COc1ccc(C(=O)N2CCC[C@@H]2Cc2ccc3ccccc3c2)nn1. The van der Waals surface area contributed by atoms with Gasteiger partial charge in [0.2, 0.25) is 5.88 Å². The van der Waals surface area contributed by atoms with Gasteiger partial charge in [-0.25, -0.2) is 0 Å². The molecule has 5 heteroatoms. The van der Waals surface area contributed by atoms with Gasteiger partial charge in [-0.05, 0) is 41.7 Å². The monoisotopic (exact) mass is 347 g/mol. The van der Waals surface area contributed by atoms with Crippen molar-refractivity contribution in [2.45, 2.75) is 25.3 Å². The van der Waals surface area contributed by atoms with Crippen molar-refractivity contribution in [3.05, 3.63) is 65.9 Å². The number of rotatable bonds is 4. The van der Waals surface area contributed by atoms with Crippen LogP contribution in [0.3, 0.4) is 0 Å². The Morgan fingerprint density at radius 2 is 1.96 bits per heavy atom. The third-order valence-corrected chi connectivity index (χ3v) is 4.99. The summed E-state index contributed by atoms with van der Waals surface area (Å²) in [5.41, 5.74) is 1.63. The maximum absolute atomic E-state index is 12.8. The predicted octanol–water partition coefficient (Wildman–Crippen LogP) is 3.49. The van der Waals surface area contributed by atoms with E-state index in [0.29, 0.717) is 11.6 Å². The molecule has 3 aromatic rings. The maximum atomic E-state index is 12.8. The van der Waals surface area contributed by atoms with Gasteiger partial charge in [0.1, 0.15) is 0 Å². The molecule has 0 bridgehead atoms. The van der Waals surface area contributed by atoms with Crippen LogP contribution in [0, 0.1) is 0 Å². The number of likely N-dealkylation sites (tertiary alicyclic amines) is 1. The fraction of sp³-hybridized carbons (Fsp3) is 0.286. The number of hydrogen-bond donors (Lipinski definition) is 0. The molecular weight excluding hydrogens is 326 g/mol. The van der Waals surface area contributed by atoms with E-state index in [9.17, 15) is 4.79 Å². The normalized spacial score (nSPS) is 16.8. The van der Waals surface area contributed by atoms with Crippen molar-refractivity contribution in [3.8, 4) is 5.88 Å². The predicted molar refractivity (Wildman–Crippen MR) is 100 cm³/mol. The lowest BCUT2D eigenvalue weighted by Gasteiger charge is -2.24. The van der Waals surface area contributed by atoms with Crippen molar-refractivity contribution >= 4 is 16.7 Å². The molecule has 0 N–H and O–H groups in total. The molecule has 1 fully saturated rings. The molecule has 5 nitrogen and oxygen atoms in total. The Hall–Kier alpha value is -2.95. The molecule has 1 amide bonds. The summed E-state index contributed by atoms with van der Waals surface area (Å²) < 4.78 is 5.01. The van der Waals surface area contributed by atoms with Gasteiger partial charge in [0, 0.05) is 18.7 Å². The highest BCUT2D eigenvalue weighted by Gasteiger charge is 2.30. The highest BCUT2D eigenvalue weighted by atomic mass is 16.5. The Labute approximate surface area is 152 Å². The van der Waals surface area contributed by atoms with Crippen LogP contribution in [0.4, 0.5) is 0 Å². The minimum Gasteiger partial charge on any atom is -0.480 e. The van der Waals surface area contributed by atoms with Gasteiger partial charge in [-0.2, -0.15) is 0 Å². The second-order valence-corrected chi connectivity index (χ2v) is 6.64. The van der Waals surface area contributed by atoms with Gasteiger partial charge in [-0.15, -0.1) is 10.2 Å². The average Bonchev–Trinajstić information content (AvgIpc) is 3.15. The first kappa shape index (κ1) is 16.5. The van der Waals surface area contributed by atoms with Crippen LogP contribution in [0.25, 0.3) is 10.8 Å². The summed E-state index contributed by atoms with van der Waals surface area (Å²) >= 11 is 0. The van der Waals surface area contributed by atoms with Gasteiger partial charge in [0.25, 0.3) is 5.91 Å². The number of methoxy groups -OCH3 is 1. The first-order chi connectivity index (χ1) is 12.7. The van der Waals surface area contributed by atoms with Crippen molar-refractivity contribution in [1.82, 2.24) is 15.1 Å². The van der Waals surface area contributed by atoms with E-state index in [4.69, 9.17) is 4.74 Å². The quantitative estimate of drug-likeness (QED) is 0.725. The standard InChI is InChI=1S/C21H21N3O2/c1-26-20-11-10-19(22-23-20)21(25)24-12-4-7-18(24)14-15-8-9-16-5-2-3-6-17(16)13-15/h2-3,5-6,8-11,13,18H,4,7,12,14H2,1H3/t18-/m1/s1. The average molecular weight is 347 g/mol. The third-order valence-electron chi connectivity index (χ3n) is 4.99. The summed E-state index contributed by atoms with van der Waals surface area (Å²) in [4.78, 5) is 14.8. The summed E-state index contributed by atoms with van der Waals surface area (Å²) in [6.07, 6.45) is 2.90. The Bertz CT molecular complexity index is 924. The number of carbonyl (C=O) groups excluding carboxylic acids is 1. The number of carbonyl (C=O) groups is 1. The summed E-state index contributed by atoms with van der Waals surface area (Å²) in [7, 11) is 1.53. The van der Waals surface area contributed by atoms with Crippen molar-refractivity contribution in [2.24, 2.45) is 0 Å². The van der Waals surface area contributed by atoms with Crippen molar-refractivity contribution < 1.29 is 9.53 Å². The Morgan fingerprint density at radius 3 is 2.73 bits per heavy atom. The van der Waals surface area contributed by atoms with Gasteiger partial charge < -0.3 is 9.64 Å². The minimum absolute atomic E-state index is 0.0524. The van der Waals surface area contributed by atoms with Gasteiger partial charge in [0.15, 0.2) is 5.69 Å². The largest absolute Gasteiger partial charge is 0.480 e. The zero-order valence-corrected chi connectivity index (χ0v) is 14.8. The molecular formula is C21H21N3O2. The number of benzene rings is 2. The zero-order chi connectivity index (χ0) is 17.9. The molecule has 0 aliphatic carbocycles. The number of nitrogens with zero attached hydrogens (tertiary/aromatic N) is 3. The molecule has 0 radical (unpaired) electrons. The van der Waals surface area contributed by atoms with Crippen LogP contribution in [0.1, 0.15) is 28.9 Å². The van der Waals surface area contributed by atoms with E-state index < -0.39 is 0 Å². The Balaban J connectivity index is 1.52. The first-order valence-electron chi connectivity index (χ1n) is 8.91. The van der Waals surface area contributed by atoms with Gasteiger partial charge >= 0.3 is 0 Å². The number of amides is 1. The molecule has 0 spiro atoms. The molecule has 1 atom stereocenters. The van der Waals surface area contributed by atoms with Crippen LogP contribution in [-0.4, -0.2) is 40.7 Å². The minimum atomic E-state index is -0.0524. The van der Waals surface area contributed by atoms with E-state index in [1.807, 2.05) is 4.90 Å². The van der Waals surface area contributed by atoms with Crippen LogP contribution >= 0.6 is 0 Å². The lowest BCUT2D eigenvalue weighted by atomic mass is 10.0. The summed E-state index contributed by atoms with van der Waals surface area (Å²) in [6, 6.07) is 18.5. The third kappa shape index (κ3) is 3.25. The van der Waals surface area contributed by atoms with Crippen LogP contribution in [0.2, 0.25) is 0 Å². The highest BCUT2D eigenvalue weighted by molar-refractivity contribution is 5.92. The van der Waals surface area contributed by atoms with Crippen LogP contribution in [-0.2, 0) is 6.42 Å². The van der Waals surface area contributed by atoms with E-state index in [2.05, 4.69) is 52.7 Å². The van der Waals surface area contributed by atoms with Gasteiger partial charge in [-0.1, -0.05) is 42.5 Å². The molecule has 132 valence electrons. The number of fused-ring (bicyclic) bond motifs is 1. The molecule has 2 aromatic carbocycles. The topological polar surface area (TPSA) is 55.3 Å². The van der Waals surface area contributed by atoms with Gasteiger partial charge in [-0.3, -0.25) is 4.79 Å². The molecule has 1 aromatic heterocycles. The fourth-order valence-electron chi connectivity index (χ4n) is 3.64. The molecule has 4 rings (SSSR count). The molecule has 26 heavy (non-hydrogen) atoms. The van der Waals surface area contributed by atoms with E-state index in [1.54, 1.807) is 12.1 Å². The van der Waals surface area contributed by atoms with Crippen molar-refractivity contribution in [1.29, 1.82) is 0 Å². The maximum Gasteiger partial charge on any atom is 0.274 e. The Morgan fingerprint density at radius 1 is 1.12 bits per heavy atom. The number of hydrogen-bond acceptors (Lipinski definition) is 4. The molecule has 1 saturated heterocycles. The summed E-state index contributed by atoms with van der Waals surface area (Å²) in [5, 5.41) is 10.4. The summed E-state index contributed by atoms with van der Waals surface area (Å²) in [5.74, 6) is 0.360. The van der Waals surface area contributed by atoms with Crippen LogP contribution in [0.15, 0.2) is 54.6 Å². The van der Waals surface area contributed by atoms with Gasteiger partial charge in [0.05, 0.1) is 7.11 Å². The molecule has 1 aliphatic heterocycles. The Kier molecular flexibility index (Phi) is 4.52. The second-order valence-electron chi connectivity index (χ2n) is 6.64. The lowest BCUT2D eigenvalue weighted by Crippen LogP contribution is -2.37. The summed E-state index contributed by atoms with van der Waals surface area (Å²) in [6.45, 7) is 0.769. The zero-order valence-electron chi connectivity index (χ0n) is 14.8. The molecule has 2 heterocycles.